The fourth-order valence-electron chi connectivity index (χ4n) is 1.96. The van der Waals surface area contributed by atoms with Gasteiger partial charge >= 0.3 is 6.18 Å². The molecular formula is C16H16F3N5. The van der Waals surface area contributed by atoms with Crippen molar-refractivity contribution in [3.8, 4) is 12.3 Å². The van der Waals surface area contributed by atoms with Gasteiger partial charge in [-0.2, -0.15) is 18.2 Å². The summed E-state index contributed by atoms with van der Waals surface area (Å²) < 4.78 is 38.9. The fraction of sp³-hybridized carbons (Fsp3) is 0.250. The smallest absolute Gasteiger partial charge is 0.358 e. The summed E-state index contributed by atoms with van der Waals surface area (Å²) in [4.78, 5) is 7.59. The average Bonchev–Trinajstić information content (AvgIpc) is 2.54. The fourth-order valence-corrected chi connectivity index (χ4v) is 1.96. The molecule has 0 saturated heterocycles. The van der Waals surface area contributed by atoms with Gasteiger partial charge in [-0.3, -0.25) is 0 Å². The summed E-state index contributed by atoms with van der Waals surface area (Å²) in [6, 6.07) is 7.37. The Morgan fingerprint density at radius 3 is 2.50 bits per heavy atom. The van der Waals surface area contributed by atoms with Crippen LogP contribution < -0.4 is 16.0 Å². The lowest BCUT2D eigenvalue weighted by molar-refractivity contribution is -0.137. The van der Waals surface area contributed by atoms with Crippen molar-refractivity contribution in [2.24, 2.45) is 0 Å². The number of halogens is 3. The van der Waals surface area contributed by atoms with E-state index in [9.17, 15) is 13.2 Å². The van der Waals surface area contributed by atoms with Crippen molar-refractivity contribution >= 4 is 17.5 Å². The Bertz CT molecular complexity index is 720. The first kappa shape index (κ1) is 17.6. The lowest BCUT2D eigenvalue weighted by Crippen LogP contribution is -2.14. The van der Waals surface area contributed by atoms with Crippen molar-refractivity contribution in [3.05, 3.63) is 41.6 Å². The molecule has 5 nitrogen and oxygen atoms in total. The SMILES string of the molecule is C#CCNc1nc(Nc2ccc(CNC)cc2)ncc1C(F)(F)F. The van der Waals surface area contributed by atoms with Crippen LogP contribution in [0.3, 0.4) is 0 Å². The van der Waals surface area contributed by atoms with Crippen molar-refractivity contribution in [1.82, 2.24) is 15.3 Å². The van der Waals surface area contributed by atoms with E-state index in [0.29, 0.717) is 5.69 Å². The lowest BCUT2D eigenvalue weighted by Gasteiger charge is -2.14. The van der Waals surface area contributed by atoms with E-state index >= 15 is 0 Å². The van der Waals surface area contributed by atoms with Crippen LogP contribution in [0.1, 0.15) is 11.1 Å². The molecule has 3 N–H and O–H groups in total. The maximum Gasteiger partial charge on any atom is 0.421 e. The van der Waals surface area contributed by atoms with Crippen LogP contribution in [0, 0.1) is 12.3 Å². The molecule has 1 aromatic heterocycles. The van der Waals surface area contributed by atoms with E-state index in [0.717, 1.165) is 18.3 Å². The number of benzene rings is 1. The van der Waals surface area contributed by atoms with E-state index in [2.05, 4.69) is 31.8 Å². The molecule has 126 valence electrons. The molecule has 24 heavy (non-hydrogen) atoms. The molecule has 0 aliphatic heterocycles. The Morgan fingerprint density at radius 1 is 1.21 bits per heavy atom. The van der Waals surface area contributed by atoms with Gasteiger partial charge in [-0.25, -0.2) is 4.98 Å². The van der Waals surface area contributed by atoms with E-state index < -0.39 is 11.7 Å². The van der Waals surface area contributed by atoms with Crippen LogP contribution in [-0.2, 0) is 12.7 Å². The zero-order valence-electron chi connectivity index (χ0n) is 12.9. The zero-order chi connectivity index (χ0) is 17.6. The highest BCUT2D eigenvalue weighted by atomic mass is 19.4. The summed E-state index contributed by atoms with van der Waals surface area (Å²) in [5.74, 6) is 1.91. The summed E-state index contributed by atoms with van der Waals surface area (Å²) in [6.45, 7) is 0.648. The van der Waals surface area contributed by atoms with Gasteiger partial charge in [0.05, 0.1) is 6.54 Å². The van der Waals surface area contributed by atoms with Crippen molar-refractivity contribution in [3.63, 3.8) is 0 Å². The predicted octanol–water partition coefficient (Wildman–Crippen LogP) is 3.00. The predicted molar refractivity (Wildman–Crippen MR) is 86.8 cm³/mol. The molecule has 0 bridgehead atoms. The average molecular weight is 335 g/mol. The third-order valence-electron chi connectivity index (χ3n) is 3.04. The second-order valence-corrected chi connectivity index (χ2v) is 4.86. The number of nitrogens with one attached hydrogen (secondary N) is 3. The molecule has 0 amide bonds. The highest BCUT2D eigenvalue weighted by molar-refractivity contribution is 5.57. The number of anilines is 3. The Morgan fingerprint density at radius 2 is 1.92 bits per heavy atom. The Kier molecular flexibility index (Phi) is 5.60. The molecule has 0 atom stereocenters. The van der Waals surface area contributed by atoms with Crippen LogP contribution in [0.4, 0.5) is 30.6 Å². The molecule has 1 heterocycles. The van der Waals surface area contributed by atoms with Gasteiger partial charge < -0.3 is 16.0 Å². The van der Waals surface area contributed by atoms with Crippen molar-refractivity contribution in [2.45, 2.75) is 12.7 Å². The normalized spacial score (nSPS) is 11.0. The molecule has 0 spiro atoms. The van der Waals surface area contributed by atoms with Gasteiger partial charge in [0.15, 0.2) is 0 Å². The van der Waals surface area contributed by atoms with Gasteiger partial charge in [0.2, 0.25) is 5.95 Å². The van der Waals surface area contributed by atoms with Crippen LogP contribution in [0.2, 0.25) is 0 Å². The Labute approximate surface area is 137 Å². The third-order valence-corrected chi connectivity index (χ3v) is 3.04. The monoisotopic (exact) mass is 335 g/mol. The number of aromatic nitrogens is 2. The molecule has 2 aromatic rings. The number of hydrogen-bond donors (Lipinski definition) is 3. The highest BCUT2D eigenvalue weighted by Crippen LogP contribution is 2.34. The summed E-state index contributed by atoms with van der Waals surface area (Å²) in [7, 11) is 1.84. The highest BCUT2D eigenvalue weighted by Gasteiger charge is 2.35. The van der Waals surface area contributed by atoms with Gasteiger partial charge in [0.25, 0.3) is 0 Å². The Balaban J connectivity index is 2.22. The van der Waals surface area contributed by atoms with E-state index in [4.69, 9.17) is 6.42 Å². The third kappa shape index (κ3) is 4.60. The number of rotatable bonds is 6. The van der Waals surface area contributed by atoms with Gasteiger partial charge in [-0.1, -0.05) is 18.1 Å². The number of nitrogens with zero attached hydrogens (tertiary/aromatic N) is 2. The molecule has 0 saturated carbocycles. The van der Waals surface area contributed by atoms with Crippen LogP contribution >= 0.6 is 0 Å². The van der Waals surface area contributed by atoms with E-state index in [1.807, 2.05) is 19.2 Å². The molecular weight excluding hydrogens is 319 g/mol. The largest absolute Gasteiger partial charge is 0.421 e. The van der Waals surface area contributed by atoms with Gasteiger partial charge in [0, 0.05) is 18.4 Å². The van der Waals surface area contributed by atoms with E-state index in [-0.39, 0.29) is 18.3 Å². The molecule has 0 aliphatic carbocycles. The minimum absolute atomic E-state index is 0.0453. The first-order chi connectivity index (χ1) is 11.4. The molecule has 0 aliphatic rings. The minimum atomic E-state index is -4.57. The number of alkyl halides is 3. The molecule has 1 aromatic carbocycles. The van der Waals surface area contributed by atoms with Crippen LogP contribution in [-0.4, -0.2) is 23.6 Å². The van der Waals surface area contributed by atoms with Gasteiger partial charge in [0.1, 0.15) is 11.4 Å². The molecule has 0 radical (unpaired) electrons. The second kappa shape index (κ2) is 7.66. The molecule has 8 heteroatoms. The van der Waals surface area contributed by atoms with E-state index in [1.54, 1.807) is 12.1 Å². The van der Waals surface area contributed by atoms with Crippen molar-refractivity contribution in [2.75, 3.05) is 24.2 Å². The number of hydrogen-bond acceptors (Lipinski definition) is 5. The minimum Gasteiger partial charge on any atom is -0.358 e. The number of terminal acetylenes is 1. The first-order valence-electron chi connectivity index (χ1n) is 7.06. The zero-order valence-corrected chi connectivity index (χ0v) is 12.9. The molecule has 2 rings (SSSR count). The second-order valence-electron chi connectivity index (χ2n) is 4.86. The van der Waals surface area contributed by atoms with Crippen molar-refractivity contribution in [1.29, 1.82) is 0 Å². The summed E-state index contributed by atoms with van der Waals surface area (Å²) in [6.07, 6.45) is 1.24. The van der Waals surface area contributed by atoms with Gasteiger partial charge in [-0.05, 0) is 24.7 Å². The molecule has 0 fully saturated rings. The Hall–Kier alpha value is -2.79. The maximum atomic E-state index is 13.0. The standard InChI is InChI=1S/C16H16F3N5/c1-3-8-21-14-13(16(17,18)19)10-22-15(24-14)23-12-6-4-11(5-7-12)9-20-2/h1,4-7,10,20H,8-9H2,2H3,(H2,21,22,23,24). The lowest BCUT2D eigenvalue weighted by atomic mass is 10.2. The van der Waals surface area contributed by atoms with Crippen LogP contribution in [0.5, 0.6) is 0 Å². The van der Waals surface area contributed by atoms with Crippen LogP contribution in [0.15, 0.2) is 30.5 Å². The van der Waals surface area contributed by atoms with Crippen molar-refractivity contribution < 1.29 is 13.2 Å². The van der Waals surface area contributed by atoms with E-state index in [1.165, 1.54) is 0 Å². The molecule has 0 unspecified atom stereocenters. The summed E-state index contributed by atoms with van der Waals surface area (Å²) in [5.41, 5.74) is 0.776. The van der Waals surface area contributed by atoms with Crippen LogP contribution in [0.25, 0.3) is 0 Å². The quantitative estimate of drug-likeness (QED) is 0.709. The summed E-state index contributed by atoms with van der Waals surface area (Å²) in [5, 5.41) is 8.36. The van der Waals surface area contributed by atoms with Gasteiger partial charge in [-0.15, -0.1) is 6.42 Å². The maximum absolute atomic E-state index is 13.0. The topological polar surface area (TPSA) is 61.9 Å². The first-order valence-corrected chi connectivity index (χ1v) is 7.06. The summed E-state index contributed by atoms with van der Waals surface area (Å²) >= 11 is 0.